The van der Waals surface area contributed by atoms with E-state index in [2.05, 4.69) is 10.6 Å². The van der Waals surface area contributed by atoms with Crippen LogP contribution in [0.15, 0.2) is 60.0 Å². The van der Waals surface area contributed by atoms with Gasteiger partial charge in [-0.1, -0.05) is 29.8 Å². The van der Waals surface area contributed by atoms with Gasteiger partial charge >= 0.3 is 0 Å². The maximum Gasteiger partial charge on any atom is 0.261 e. The Morgan fingerprint density at radius 2 is 1.90 bits per heavy atom. The molecule has 39 heavy (non-hydrogen) atoms. The van der Waals surface area contributed by atoms with Gasteiger partial charge in [-0.05, 0) is 60.2 Å². The molecule has 1 aliphatic heterocycles. The van der Waals surface area contributed by atoms with Gasteiger partial charge in [0.05, 0.1) is 31.7 Å². The van der Waals surface area contributed by atoms with E-state index < -0.39 is 17.9 Å². The van der Waals surface area contributed by atoms with Crippen LogP contribution < -0.4 is 25.0 Å². The number of amides is 3. The minimum Gasteiger partial charge on any atom is -0.493 e. The van der Waals surface area contributed by atoms with Crippen LogP contribution in [-0.2, 0) is 14.3 Å². The van der Waals surface area contributed by atoms with Crippen molar-refractivity contribution in [3.63, 3.8) is 0 Å². The van der Waals surface area contributed by atoms with E-state index >= 15 is 0 Å². The minimum atomic E-state index is -1.11. The molecule has 206 valence electrons. The number of thiophene rings is 1. The second-order valence-corrected chi connectivity index (χ2v) is 10.2. The molecule has 2 heterocycles. The number of hydrogen-bond donors (Lipinski definition) is 2. The number of anilines is 1. The van der Waals surface area contributed by atoms with Crippen LogP contribution >= 0.6 is 22.9 Å². The molecule has 4 rings (SSSR count). The van der Waals surface area contributed by atoms with Gasteiger partial charge in [-0.15, -0.1) is 11.3 Å². The number of nitrogens with zero attached hydrogens (tertiary/aromatic N) is 1. The molecule has 1 saturated heterocycles. The predicted molar refractivity (Wildman–Crippen MR) is 150 cm³/mol. The molecular formula is C28H30ClN3O6S. The molecule has 11 heteroatoms. The van der Waals surface area contributed by atoms with E-state index in [9.17, 15) is 14.4 Å². The van der Waals surface area contributed by atoms with E-state index in [0.29, 0.717) is 45.8 Å². The first-order valence-corrected chi connectivity index (χ1v) is 13.7. The first-order chi connectivity index (χ1) is 18.9. The Hall–Kier alpha value is -3.60. The van der Waals surface area contributed by atoms with Gasteiger partial charge in [-0.3, -0.25) is 19.3 Å². The highest BCUT2D eigenvalue weighted by molar-refractivity contribution is 7.12. The molecule has 0 saturated carbocycles. The maximum absolute atomic E-state index is 13.8. The average molecular weight is 572 g/mol. The lowest BCUT2D eigenvalue weighted by Crippen LogP contribution is -2.48. The third kappa shape index (κ3) is 7.08. The average Bonchev–Trinajstić information content (AvgIpc) is 3.68. The van der Waals surface area contributed by atoms with E-state index in [-0.39, 0.29) is 18.6 Å². The fourth-order valence-electron chi connectivity index (χ4n) is 4.36. The van der Waals surface area contributed by atoms with E-state index in [4.69, 9.17) is 25.8 Å². The number of nitrogens with one attached hydrogen (secondary N) is 2. The summed E-state index contributed by atoms with van der Waals surface area (Å²) < 4.78 is 16.5. The SMILES string of the molecule is COc1ccc([C@H](C(=O)NC[C@@H]2CCCO2)N(C(=O)CNC(=O)c2cccs2)c2cccc(Cl)c2)cc1OC. The van der Waals surface area contributed by atoms with Crippen molar-refractivity contribution in [2.75, 3.05) is 38.8 Å². The third-order valence-electron chi connectivity index (χ3n) is 6.26. The molecule has 3 aromatic rings. The molecule has 2 aromatic carbocycles. The summed E-state index contributed by atoms with van der Waals surface area (Å²) in [5.74, 6) is -0.431. The zero-order chi connectivity index (χ0) is 27.8. The van der Waals surface area contributed by atoms with Crippen molar-refractivity contribution in [2.24, 2.45) is 0 Å². The summed E-state index contributed by atoms with van der Waals surface area (Å²) in [7, 11) is 3.01. The summed E-state index contributed by atoms with van der Waals surface area (Å²) in [4.78, 5) is 42.0. The number of ether oxygens (including phenoxy) is 3. The van der Waals surface area contributed by atoms with Crippen LogP contribution in [0.2, 0.25) is 5.02 Å². The van der Waals surface area contributed by atoms with Gasteiger partial charge in [-0.2, -0.15) is 0 Å². The van der Waals surface area contributed by atoms with E-state index in [1.54, 1.807) is 60.0 Å². The van der Waals surface area contributed by atoms with Crippen LogP contribution in [0.4, 0.5) is 5.69 Å². The predicted octanol–water partition coefficient (Wildman–Crippen LogP) is 4.22. The van der Waals surface area contributed by atoms with Crippen molar-refractivity contribution in [2.45, 2.75) is 25.0 Å². The van der Waals surface area contributed by atoms with Crippen LogP contribution in [0.5, 0.6) is 11.5 Å². The first kappa shape index (κ1) is 28.4. The van der Waals surface area contributed by atoms with Crippen LogP contribution in [0.3, 0.4) is 0 Å². The Morgan fingerprint density at radius 1 is 1.08 bits per heavy atom. The fraction of sp³-hybridized carbons (Fsp3) is 0.321. The zero-order valence-corrected chi connectivity index (χ0v) is 23.2. The van der Waals surface area contributed by atoms with Gasteiger partial charge < -0.3 is 24.8 Å². The van der Waals surface area contributed by atoms with Gasteiger partial charge in [0.2, 0.25) is 11.8 Å². The Bertz CT molecular complexity index is 1300. The van der Waals surface area contributed by atoms with E-state index in [1.165, 1.54) is 30.5 Å². The van der Waals surface area contributed by atoms with Crippen molar-refractivity contribution in [1.29, 1.82) is 0 Å². The largest absolute Gasteiger partial charge is 0.493 e. The molecule has 0 spiro atoms. The summed E-state index contributed by atoms with van der Waals surface area (Å²) in [5, 5.41) is 7.78. The lowest BCUT2D eigenvalue weighted by atomic mass is 10.0. The highest BCUT2D eigenvalue weighted by atomic mass is 35.5. The smallest absolute Gasteiger partial charge is 0.261 e. The van der Waals surface area contributed by atoms with Crippen molar-refractivity contribution in [3.8, 4) is 11.5 Å². The highest BCUT2D eigenvalue weighted by Gasteiger charge is 2.34. The van der Waals surface area contributed by atoms with Crippen LogP contribution in [-0.4, -0.2) is 57.7 Å². The number of benzene rings is 2. The molecule has 9 nitrogen and oxygen atoms in total. The molecule has 0 bridgehead atoms. The van der Waals surface area contributed by atoms with Crippen molar-refractivity contribution in [1.82, 2.24) is 10.6 Å². The van der Waals surface area contributed by atoms with Crippen molar-refractivity contribution >= 4 is 46.3 Å². The number of carbonyl (C=O) groups excluding carboxylic acids is 3. The molecule has 0 aliphatic carbocycles. The van der Waals surface area contributed by atoms with Gasteiger partial charge in [0, 0.05) is 23.9 Å². The fourth-order valence-corrected chi connectivity index (χ4v) is 5.18. The maximum atomic E-state index is 13.8. The summed E-state index contributed by atoms with van der Waals surface area (Å²) in [5.41, 5.74) is 0.875. The molecule has 1 aliphatic rings. The Labute approximate surface area is 236 Å². The number of methoxy groups -OCH3 is 2. The summed E-state index contributed by atoms with van der Waals surface area (Å²) in [6.45, 7) is 0.609. The van der Waals surface area contributed by atoms with Crippen LogP contribution in [0.25, 0.3) is 0 Å². The van der Waals surface area contributed by atoms with Crippen molar-refractivity contribution in [3.05, 3.63) is 75.4 Å². The van der Waals surface area contributed by atoms with Gasteiger partial charge in [0.1, 0.15) is 6.04 Å². The third-order valence-corrected chi connectivity index (χ3v) is 7.36. The van der Waals surface area contributed by atoms with Crippen LogP contribution in [0.1, 0.15) is 34.1 Å². The molecule has 2 N–H and O–H groups in total. The molecule has 1 fully saturated rings. The Kier molecular flexibility index (Phi) is 9.80. The minimum absolute atomic E-state index is 0.0968. The lowest BCUT2D eigenvalue weighted by Gasteiger charge is -2.32. The quantitative estimate of drug-likeness (QED) is 0.357. The second kappa shape index (κ2) is 13.5. The second-order valence-electron chi connectivity index (χ2n) is 8.80. The summed E-state index contributed by atoms with van der Waals surface area (Å²) >= 11 is 7.56. The molecule has 3 amide bonds. The van der Waals surface area contributed by atoms with Gasteiger partial charge in [0.25, 0.3) is 5.91 Å². The highest BCUT2D eigenvalue weighted by Crippen LogP contribution is 2.35. The number of halogens is 1. The molecule has 1 aromatic heterocycles. The van der Waals surface area contributed by atoms with E-state index in [1.807, 2.05) is 0 Å². The number of carbonyl (C=O) groups is 3. The zero-order valence-electron chi connectivity index (χ0n) is 21.6. The number of hydrogen-bond acceptors (Lipinski definition) is 7. The Balaban J connectivity index is 1.71. The Morgan fingerprint density at radius 3 is 2.56 bits per heavy atom. The van der Waals surface area contributed by atoms with Crippen molar-refractivity contribution < 1.29 is 28.6 Å². The van der Waals surface area contributed by atoms with Gasteiger partial charge in [-0.25, -0.2) is 0 Å². The number of rotatable bonds is 11. The van der Waals surface area contributed by atoms with Crippen LogP contribution in [0, 0.1) is 0 Å². The topological polar surface area (TPSA) is 106 Å². The molecule has 0 unspecified atom stereocenters. The molecular weight excluding hydrogens is 542 g/mol. The van der Waals surface area contributed by atoms with Gasteiger partial charge in [0.15, 0.2) is 11.5 Å². The summed E-state index contributed by atoms with van der Waals surface area (Å²) in [6, 6.07) is 14.0. The standard InChI is InChI=1S/C28H30ClN3O6S/c1-36-22-11-10-18(14-23(22)37-2)26(28(35)30-16-21-8-4-12-38-21)32(20-7-3-6-19(29)15-20)25(33)17-31-27(34)24-9-5-13-39-24/h3,5-7,9-11,13-15,21,26H,4,8,12,16-17H2,1-2H3,(H,30,35)(H,31,34)/t21-,26+/m0/s1. The van der Waals surface area contributed by atoms with E-state index in [0.717, 1.165) is 12.8 Å². The lowest BCUT2D eigenvalue weighted by molar-refractivity contribution is -0.126. The summed E-state index contributed by atoms with van der Waals surface area (Å²) in [6.07, 6.45) is 1.67. The molecule has 0 radical (unpaired) electrons. The molecule has 2 atom stereocenters. The monoisotopic (exact) mass is 571 g/mol. The first-order valence-electron chi connectivity index (χ1n) is 12.4. The normalized spacial score (nSPS) is 15.3.